The van der Waals surface area contributed by atoms with Crippen LogP contribution in [-0.4, -0.2) is 23.5 Å². The Morgan fingerprint density at radius 2 is 1.56 bits per heavy atom. The summed E-state index contributed by atoms with van der Waals surface area (Å²) in [6.07, 6.45) is 4.49. The molecule has 156 valence electrons. The molecule has 0 saturated heterocycles. The van der Waals surface area contributed by atoms with E-state index < -0.39 is 14.9 Å². The number of carbonyl (C=O) groups is 1. The Kier molecular flexibility index (Phi) is 7.65. The summed E-state index contributed by atoms with van der Waals surface area (Å²) in [7, 11) is -4.47. The Labute approximate surface area is 190 Å². The molecule has 0 N–H and O–H groups in total. The number of carbonyl (C=O) groups excluding carboxylic acids is 1. The van der Waals surface area contributed by atoms with Gasteiger partial charge in [-0.05, 0) is 49.9 Å². The number of hydrogen-bond donors (Lipinski definition) is 0. The molecule has 4 bridgehead atoms. The van der Waals surface area contributed by atoms with Crippen molar-refractivity contribution in [3.8, 4) is 0 Å². The van der Waals surface area contributed by atoms with E-state index in [1.54, 1.807) is 0 Å². The largest absolute Gasteiger partial charge is 0.748 e. The molecular weight excluding hydrogens is 586 g/mol. The molecule has 0 spiro atoms. The average Bonchev–Trinajstić information content (AvgIpc) is 3.17. The van der Waals surface area contributed by atoms with Crippen LogP contribution in [0.1, 0.15) is 61.8 Å². The number of ketones is 1. The normalized spacial score (nSPS) is 44.1. The van der Waals surface area contributed by atoms with Crippen molar-refractivity contribution >= 4 is 15.9 Å². The molecule has 4 aliphatic carbocycles. The van der Waals surface area contributed by atoms with E-state index in [2.05, 4.69) is 20.3 Å². The summed E-state index contributed by atoms with van der Waals surface area (Å²) in [5.74, 6) is 5.26. The van der Waals surface area contributed by atoms with Crippen molar-refractivity contribution < 1.29 is 48.9 Å². The second-order valence-electron chi connectivity index (χ2n) is 9.57. The van der Waals surface area contributed by atoms with E-state index in [4.69, 9.17) is 0 Å². The van der Waals surface area contributed by atoms with E-state index in [0.717, 1.165) is 36.0 Å². The molecular formula is C21H36O4SU-2. The van der Waals surface area contributed by atoms with Gasteiger partial charge in [-0.3, -0.25) is 0 Å². The summed E-state index contributed by atoms with van der Waals surface area (Å²) in [4.78, 5) is 12.8. The molecule has 9 unspecified atom stereocenters. The molecule has 0 aliphatic heterocycles. The third-order valence-corrected chi connectivity index (χ3v) is 9.75. The number of fused-ring (bicyclic) bond motifs is 9. The molecule has 0 amide bonds. The van der Waals surface area contributed by atoms with Crippen molar-refractivity contribution in [1.82, 2.24) is 0 Å². The second kappa shape index (κ2) is 8.05. The van der Waals surface area contributed by atoms with Crippen LogP contribution in [0.15, 0.2) is 0 Å². The topological polar surface area (TPSA) is 74.3 Å². The average molecular weight is 623 g/mol. The smallest absolute Gasteiger partial charge is 0.108 e. The van der Waals surface area contributed by atoms with Crippen LogP contribution in [0.5, 0.6) is 0 Å². The van der Waals surface area contributed by atoms with E-state index in [0.29, 0.717) is 17.8 Å². The first-order chi connectivity index (χ1) is 11.0. The third kappa shape index (κ3) is 3.64. The molecule has 9 atom stereocenters. The molecule has 27 heavy (non-hydrogen) atoms. The van der Waals surface area contributed by atoms with Crippen molar-refractivity contribution in [2.75, 3.05) is 0 Å². The van der Waals surface area contributed by atoms with Gasteiger partial charge in [0.2, 0.25) is 0 Å². The minimum absolute atomic E-state index is 0. The van der Waals surface area contributed by atoms with E-state index >= 15 is 0 Å². The molecule has 0 aromatic heterocycles. The van der Waals surface area contributed by atoms with Gasteiger partial charge in [0.25, 0.3) is 0 Å². The monoisotopic (exact) mass is 622 g/mol. The molecule has 4 nitrogen and oxygen atoms in total. The Bertz CT molecular complexity index is 674. The van der Waals surface area contributed by atoms with Gasteiger partial charge in [-0.1, -0.05) is 47.0 Å². The van der Waals surface area contributed by atoms with Gasteiger partial charge in [-0.15, -0.1) is 5.92 Å². The van der Waals surface area contributed by atoms with Gasteiger partial charge in [-0.25, -0.2) is 8.42 Å². The zero-order chi connectivity index (χ0) is 17.6. The van der Waals surface area contributed by atoms with Crippen LogP contribution < -0.4 is 0 Å². The third-order valence-electron chi connectivity index (χ3n) is 8.26. The first kappa shape index (κ1) is 25.7. The van der Waals surface area contributed by atoms with Gasteiger partial charge < -0.3 is 15.8 Å². The molecule has 4 rings (SSSR count). The SMILES string of the molecule is C.C.CC1C(C)C2CC1C1C3[CH-]C(C(=O)CC(C)(C)S(=O)(=O)[O-])C(C3)C21.[U]. The van der Waals surface area contributed by atoms with Crippen LogP contribution in [0.2, 0.25) is 0 Å². The Morgan fingerprint density at radius 1 is 1.04 bits per heavy atom. The van der Waals surface area contributed by atoms with E-state index in [1.165, 1.54) is 20.3 Å². The standard InChI is InChI=1S/C19H29O4S.2CH4.U/c1-9-10(2)13-7-12(9)17-11-5-14(15(6-11)18(13)17)16(20)8-19(3,4)24(21,22)23;;;/h5,9-15,17-18H,6-8H2,1-4H3,(H,21,22,23);2*1H4;/q-1;;;/p-1. The van der Waals surface area contributed by atoms with Crippen LogP contribution in [0.25, 0.3) is 0 Å². The van der Waals surface area contributed by atoms with Crippen LogP contribution >= 0.6 is 0 Å². The van der Waals surface area contributed by atoms with E-state index in [1.807, 2.05) is 0 Å². The van der Waals surface area contributed by atoms with Gasteiger partial charge in [0.1, 0.15) is 15.9 Å². The summed E-state index contributed by atoms with van der Waals surface area (Å²) < 4.78 is 32.7. The summed E-state index contributed by atoms with van der Waals surface area (Å²) in [5.41, 5.74) is 0. The fourth-order valence-corrected chi connectivity index (χ4v) is 7.24. The number of hydrogen-bond acceptors (Lipinski definition) is 4. The van der Waals surface area contributed by atoms with Crippen LogP contribution in [0, 0.1) is 90.8 Å². The summed E-state index contributed by atoms with van der Waals surface area (Å²) in [6, 6.07) is 0. The molecule has 0 aromatic carbocycles. The van der Waals surface area contributed by atoms with Crippen LogP contribution in [-0.2, 0) is 14.9 Å². The van der Waals surface area contributed by atoms with Gasteiger partial charge >= 0.3 is 0 Å². The van der Waals surface area contributed by atoms with Crippen LogP contribution in [0.4, 0.5) is 0 Å². The molecule has 0 heterocycles. The van der Waals surface area contributed by atoms with Gasteiger partial charge in [0.15, 0.2) is 0 Å². The molecule has 6 heteroatoms. The van der Waals surface area contributed by atoms with E-state index in [-0.39, 0.29) is 64.1 Å². The fraction of sp³-hybridized carbons (Fsp3) is 0.905. The van der Waals surface area contributed by atoms with Crippen molar-refractivity contribution in [3.05, 3.63) is 6.42 Å². The maximum Gasteiger partial charge on any atom is 0.108 e. The van der Waals surface area contributed by atoms with Crippen molar-refractivity contribution in [3.63, 3.8) is 0 Å². The molecule has 0 aromatic rings. The Hall–Kier alpha value is 0.632. The molecule has 4 aliphatic rings. The predicted octanol–water partition coefficient (Wildman–Crippen LogP) is 4.17. The van der Waals surface area contributed by atoms with Crippen LogP contribution in [0.3, 0.4) is 0 Å². The maximum absolute atomic E-state index is 12.8. The summed E-state index contributed by atoms with van der Waals surface area (Å²) in [6.45, 7) is 7.52. The summed E-state index contributed by atoms with van der Waals surface area (Å²) in [5, 5.41) is 0. The second-order valence-corrected chi connectivity index (χ2v) is 11.6. The van der Waals surface area contributed by atoms with Gasteiger partial charge in [-0.2, -0.15) is 5.92 Å². The zero-order valence-electron chi connectivity index (χ0n) is 15.4. The zero-order valence-corrected chi connectivity index (χ0v) is 20.4. The number of rotatable bonds is 4. The quantitative estimate of drug-likeness (QED) is 0.268. The Balaban J connectivity index is 0.00000121. The summed E-state index contributed by atoms with van der Waals surface area (Å²) >= 11 is 0. The van der Waals surface area contributed by atoms with Crippen molar-refractivity contribution in [2.24, 2.45) is 53.3 Å². The molecule has 4 saturated carbocycles. The fourth-order valence-electron chi connectivity index (χ4n) is 6.92. The molecule has 4 fully saturated rings. The minimum atomic E-state index is -4.47. The van der Waals surface area contributed by atoms with Crippen molar-refractivity contribution in [2.45, 2.75) is 66.6 Å². The van der Waals surface area contributed by atoms with E-state index in [9.17, 15) is 17.8 Å². The van der Waals surface area contributed by atoms with Crippen molar-refractivity contribution in [1.29, 1.82) is 0 Å². The predicted molar refractivity (Wildman–Crippen MR) is 103 cm³/mol. The Morgan fingerprint density at radius 3 is 2.07 bits per heavy atom. The first-order valence-corrected chi connectivity index (χ1v) is 10.8. The number of Topliss-reactive ketones (excluding diaryl/α,β-unsaturated/α-hetero) is 1. The molecule has 0 radical (unpaired) electrons. The maximum atomic E-state index is 12.8. The first-order valence-electron chi connectivity index (χ1n) is 9.36. The minimum Gasteiger partial charge on any atom is -0.748 e. The van der Waals surface area contributed by atoms with Gasteiger partial charge in [0.05, 0.1) is 4.75 Å². The van der Waals surface area contributed by atoms with Gasteiger partial charge in [0, 0.05) is 37.5 Å².